The zero-order valence-electron chi connectivity index (χ0n) is 30.6. The number of benzene rings is 3. The van der Waals surface area contributed by atoms with Gasteiger partial charge < -0.3 is 19.6 Å². The summed E-state index contributed by atoms with van der Waals surface area (Å²) in [6.07, 6.45) is 5.47. The smallest absolute Gasteiger partial charge is 0.255 e. The second kappa shape index (κ2) is 13.9. The van der Waals surface area contributed by atoms with Gasteiger partial charge in [-0.2, -0.15) is 5.26 Å². The number of carbonyl (C=O) groups is 3. The zero-order chi connectivity index (χ0) is 37.9. The number of fused-ring (bicyclic) bond motifs is 1. The highest BCUT2D eigenvalue weighted by Crippen LogP contribution is 2.51. The van der Waals surface area contributed by atoms with Crippen LogP contribution in [0.3, 0.4) is 0 Å². The molecule has 278 valence electrons. The summed E-state index contributed by atoms with van der Waals surface area (Å²) in [5.41, 5.74) is 7.52. The highest BCUT2D eigenvalue weighted by Gasteiger charge is 2.46. The highest BCUT2D eigenvalue weighted by molar-refractivity contribution is 6.32. The number of nitriles is 1. The Hall–Kier alpha value is -5.21. The van der Waals surface area contributed by atoms with E-state index in [1.165, 1.54) is 11.0 Å². The van der Waals surface area contributed by atoms with E-state index >= 15 is 4.39 Å². The molecule has 1 saturated heterocycles. The van der Waals surface area contributed by atoms with E-state index in [4.69, 9.17) is 16.1 Å². The van der Waals surface area contributed by atoms with Crippen molar-refractivity contribution in [3.05, 3.63) is 93.1 Å². The molecule has 2 aliphatic carbocycles. The molecule has 2 aliphatic heterocycles. The van der Waals surface area contributed by atoms with Gasteiger partial charge in [-0.15, -0.1) is 0 Å². The lowest BCUT2D eigenvalue weighted by atomic mass is 9.85. The lowest BCUT2D eigenvalue weighted by molar-refractivity contribution is -0.136. The van der Waals surface area contributed by atoms with Crippen molar-refractivity contribution in [2.24, 2.45) is 5.92 Å². The van der Waals surface area contributed by atoms with Crippen molar-refractivity contribution >= 4 is 46.4 Å². The average molecular weight is 749 g/mol. The van der Waals surface area contributed by atoms with Crippen LogP contribution >= 0.6 is 11.6 Å². The standard InChI is InChI=1S/C42H42ClFN6O4/c1-23-4-7-27(39-24(2)48-54-25(39)3)17-37(23)49(30-10-11-32(33(43)18-30)42(22-45)14-15-42)20-26-5-8-29(9-6-26)46-35-19-31-28(16-34(35)44)21-50(41(31)53)36-12-13-38(51)47-40(36)52/h4,7,10-11,16-19,26,29,36,46H,5-6,8-9,12-15,20-21H2,1-3H3,(H,47,51,52). The predicted octanol–water partition coefficient (Wildman–Crippen LogP) is 8.18. The van der Waals surface area contributed by atoms with E-state index in [1.807, 2.05) is 26.0 Å². The summed E-state index contributed by atoms with van der Waals surface area (Å²) >= 11 is 6.92. The maximum atomic E-state index is 15.5. The number of aryl methyl sites for hydroxylation is 3. The first-order chi connectivity index (χ1) is 25.9. The van der Waals surface area contributed by atoms with Gasteiger partial charge in [-0.05, 0) is 124 Å². The number of imide groups is 1. The number of rotatable bonds is 9. The quantitative estimate of drug-likeness (QED) is 0.164. The van der Waals surface area contributed by atoms with Gasteiger partial charge in [0.25, 0.3) is 5.91 Å². The van der Waals surface area contributed by atoms with Crippen molar-refractivity contribution in [2.75, 3.05) is 16.8 Å². The molecule has 54 heavy (non-hydrogen) atoms. The normalized spacial score (nSPS) is 21.7. The molecule has 3 fully saturated rings. The van der Waals surface area contributed by atoms with Crippen LogP contribution in [0.15, 0.2) is 53.1 Å². The first kappa shape index (κ1) is 35.8. The topological polar surface area (TPSA) is 132 Å². The molecule has 2 saturated carbocycles. The first-order valence-electron chi connectivity index (χ1n) is 18.7. The number of carbonyl (C=O) groups excluding carboxylic acids is 3. The molecule has 3 heterocycles. The van der Waals surface area contributed by atoms with Crippen molar-refractivity contribution in [3.8, 4) is 17.2 Å². The van der Waals surface area contributed by atoms with Crippen LogP contribution in [-0.4, -0.2) is 46.4 Å². The third-order valence-electron chi connectivity index (χ3n) is 11.8. The second-order valence-electron chi connectivity index (χ2n) is 15.4. The number of amides is 3. The Labute approximate surface area is 318 Å². The number of aromatic nitrogens is 1. The lowest BCUT2D eigenvalue weighted by Gasteiger charge is -2.35. The molecule has 10 nitrogen and oxygen atoms in total. The minimum Gasteiger partial charge on any atom is -0.380 e. The molecule has 1 unspecified atom stereocenters. The van der Waals surface area contributed by atoms with Crippen LogP contribution in [0.2, 0.25) is 5.02 Å². The number of halogens is 2. The molecule has 0 radical (unpaired) electrons. The largest absolute Gasteiger partial charge is 0.380 e. The molecule has 4 aromatic rings. The number of anilines is 3. The van der Waals surface area contributed by atoms with Crippen LogP contribution in [0.5, 0.6) is 0 Å². The molecule has 2 N–H and O–H groups in total. The number of hydrogen-bond donors (Lipinski definition) is 2. The summed E-state index contributed by atoms with van der Waals surface area (Å²) in [5, 5.41) is 20.3. The Bertz CT molecular complexity index is 2210. The molecule has 1 atom stereocenters. The van der Waals surface area contributed by atoms with Gasteiger partial charge in [0.05, 0.1) is 22.9 Å². The maximum Gasteiger partial charge on any atom is 0.255 e. The monoisotopic (exact) mass is 748 g/mol. The van der Waals surface area contributed by atoms with Crippen molar-refractivity contribution < 1.29 is 23.3 Å². The van der Waals surface area contributed by atoms with Crippen LogP contribution in [0, 0.1) is 43.8 Å². The van der Waals surface area contributed by atoms with E-state index in [-0.39, 0.29) is 42.9 Å². The molecule has 1 aromatic heterocycles. The minimum atomic E-state index is -0.750. The van der Waals surface area contributed by atoms with E-state index in [0.717, 1.165) is 90.2 Å². The van der Waals surface area contributed by atoms with Gasteiger partial charge in [0.1, 0.15) is 17.6 Å². The molecule has 8 rings (SSSR count). The Morgan fingerprint density at radius 3 is 2.50 bits per heavy atom. The SMILES string of the molecule is Cc1ccc(-c2c(C)noc2C)cc1N(CC1CCC(Nc2cc3c(cc2F)CN(C2CCC(=O)NC2=O)C3=O)CC1)c1ccc(C2(C#N)CC2)c(Cl)c1. The van der Waals surface area contributed by atoms with Gasteiger partial charge >= 0.3 is 0 Å². The summed E-state index contributed by atoms with van der Waals surface area (Å²) in [7, 11) is 0. The fraction of sp³-hybridized carbons (Fsp3) is 0.405. The van der Waals surface area contributed by atoms with Crippen LogP contribution in [0.4, 0.5) is 21.5 Å². The summed E-state index contributed by atoms with van der Waals surface area (Å²) in [4.78, 5) is 41.3. The third-order valence-corrected chi connectivity index (χ3v) is 12.1. The van der Waals surface area contributed by atoms with E-state index in [0.29, 0.717) is 22.1 Å². The molecule has 3 aromatic carbocycles. The van der Waals surface area contributed by atoms with Crippen LogP contribution in [0.25, 0.3) is 11.1 Å². The van der Waals surface area contributed by atoms with Crippen molar-refractivity contribution in [1.82, 2.24) is 15.4 Å². The molecule has 12 heteroatoms. The van der Waals surface area contributed by atoms with Crippen molar-refractivity contribution in [2.45, 2.75) is 96.2 Å². The van der Waals surface area contributed by atoms with Gasteiger partial charge in [-0.25, -0.2) is 4.39 Å². The molecular formula is C42H42ClFN6O4. The predicted molar refractivity (Wildman–Crippen MR) is 203 cm³/mol. The van der Waals surface area contributed by atoms with Gasteiger partial charge in [0.15, 0.2) is 0 Å². The number of piperidine rings is 1. The molecule has 3 amide bonds. The second-order valence-corrected chi connectivity index (χ2v) is 15.8. The summed E-state index contributed by atoms with van der Waals surface area (Å²) in [6.45, 7) is 6.83. The summed E-state index contributed by atoms with van der Waals surface area (Å²) < 4.78 is 21.0. The highest BCUT2D eigenvalue weighted by atomic mass is 35.5. The third kappa shape index (κ3) is 6.51. The van der Waals surface area contributed by atoms with E-state index in [9.17, 15) is 19.6 Å². The Kier molecular flexibility index (Phi) is 9.21. The zero-order valence-corrected chi connectivity index (χ0v) is 31.4. The molecule has 4 aliphatic rings. The number of nitrogens with zero attached hydrogens (tertiary/aromatic N) is 4. The summed E-state index contributed by atoms with van der Waals surface area (Å²) in [5.74, 6) is -0.512. The fourth-order valence-electron chi connectivity index (χ4n) is 8.58. The van der Waals surface area contributed by atoms with Gasteiger partial charge in [0.2, 0.25) is 11.8 Å². The van der Waals surface area contributed by atoms with E-state index in [1.54, 1.807) is 6.07 Å². The van der Waals surface area contributed by atoms with Crippen LogP contribution < -0.4 is 15.5 Å². The first-order valence-corrected chi connectivity index (χ1v) is 19.1. The lowest BCUT2D eigenvalue weighted by Crippen LogP contribution is -2.52. The van der Waals surface area contributed by atoms with Gasteiger partial charge in [0, 0.05) is 53.1 Å². The van der Waals surface area contributed by atoms with Gasteiger partial charge in [-0.1, -0.05) is 35.0 Å². The van der Waals surface area contributed by atoms with Crippen molar-refractivity contribution in [3.63, 3.8) is 0 Å². The Morgan fingerprint density at radius 1 is 1.06 bits per heavy atom. The van der Waals surface area contributed by atoms with Crippen LogP contribution in [0.1, 0.15) is 89.9 Å². The molecule has 0 spiro atoms. The Balaban J connectivity index is 1.00. The van der Waals surface area contributed by atoms with E-state index in [2.05, 4.69) is 57.9 Å². The van der Waals surface area contributed by atoms with Crippen molar-refractivity contribution in [1.29, 1.82) is 5.26 Å². The minimum absolute atomic E-state index is 0.0176. The maximum absolute atomic E-state index is 15.5. The van der Waals surface area contributed by atoms with Gasteiger partial charge in [-0.3, -0.25) is 19.7 Å². The fourth-order valence-corrected chi connectivity index (χ4v) is 8.94. The summed E-state index contributed by atoms with van der Waals surface area (Å²) in [6, 6.07) is 17.2. The van der Waals surface area contributed by atoms with E-state index < -0.39 is 23.2 Å². The number of hydrogen-bond acceptors (Lipinski definition) is 8. The molecule has 0 bridgehead atoms. The van der Waals surface area contributed by atoms with Crippen LogP contribution in [-0.2, 0) is 21.5 Å². The average Bonchev–Trinajstić information content (AvgIpc) is 3.79. The molecular weight excluding hydrogens is 707 g/mol. The number of nitrogens with one attached hydrogen (secondary N) is 2. The Morgan fingerprint density at radius 2 is 1.83 bits per heavy atom.